The van der Waals surface area contributed by atoms with E-state index >= 15 is 0 Å². The van der Waals surface area contributed by atoms with Gasteiger partial charge >= 0.3 is 6.61 Å². The highest BCUT2D eigenvalue weighted by molar-refractivity contribution is 6.04. The fourth-order valence-corrected chi connectivity index (χ4v) is 1.88. The maximum Gasteiger partial charge on any atom is 0.387 e. The van der Waals surface area contributed by atoms with Crippen molar-refractivity contribution in [3.05, 3.63) is 58.1 Å². The van der Waals surface area contributed by atoms with E-state index in [9.17, 15) is 23.7 Å². The summed E-state index contributed by atoms with van der Waals surface area (Å²) in [5, 5.41) is 13.1. The molecular formula is C15H12F2N2O5. The zero-order valence-electron chi connectivity index (χ0n) is 12.4. The topological polar surface area (TPSA) is 90.7 Å². The maximum absolute atomic E-state index is 12.3. The van der Waals surface area contributed by atoms with E-state index in [0.717, 1.165) is 0 Å². The predicted octanol–water partition coefficient (Wildman–Crippen LogP) is 3.46. The van der Waals surface area contributed by atoms with E-state index in [2.05, 4.69) is 10.1 Å². The van der Waals surface area contributed by atoms with Gasteiger partial charge in [-0.2, -0.15) is 8.78 Å². The molecule has 0 spiro atoms. The first kappa shape index (κ1) is 17.1. The normalized spacial score (nSPS) is 10.3. The third-order valence-corrected chi connectivity index (χ3v) is 2.98. The Labute approximate surface area is 135 Å². The van der Waals surface area contributed by atoms with Gasteiger partial charge < -0.3 is 14.8 Å². The number of carbonyl (C=O) groups is 1. The minimum atomic E-state index is -3.00. The SMILES string of the molecule is COc1cc(NC(=O)c2ccc([N+](=O)[O-])cc2)ccc1OC(F)F. The fraction of sp³-hybridized carbons (Fsp3) is 0.133. The minimum Gasteiger partial charge on any atom is -0.493 e. The second kappa shape index (κ2) is 7.36. The van der Waals surface area contributed by atoms with E-state index in [1.165, 1.54) is 49.6 Å². The first-order valence-corrected chi connectivity index (χ1v) is 6.59. The number of benzene rings is 2. The van der Waals surface area contributed by atoms with E-state index < -0.39 is 17.4 Å². The van der Waals surface area contributed by atoms with Gasteiger partial charge in [0.25, 0.3) is 11.6 Å². The second-order valence-corrected chi connectivity index (χ2v) is 4.50. The second-order valence-electron chi connectivity index (χ2n) is 4.50. The van der Waals surface area contributed by atoms with Crippen molar-refractivity contribution >= 4 is 17.3 Å². The Balaban J connectivity index is 2.15. The number of rotatable bonds is 6. The molecule has 24 heavy (non-hydrogen) atoms. The van der Waals surface area contributed by atoms with Crippen molar-refractivity contribution < 1.29 is 28.0 Å². The number of ether oxygens (including phenoxy) is 2. The average Bonchev–Trinajstić information content (AvgIpc) is 2.55. The molecule has 1 amide bonds. The summed E-state index contributed by atoms with van der Waals surface area (Å²) in [5.41, 5.74) is 0.353. The molecule has 0 aromatic heterocycles. The number of halogens is 2. The molecular weight excluding hydrogens is 326 g/mol. The van der Waals surface area contributed by atoms with Crippen LogP contribution in [0.3, 0.4) is 0 Å². The first-order valence-electron chi connectivity index (χ1n) is 6.59. The number of methoxy groups -OCH3 is 1. The molecule has 0 bridgehead atoms. The molecule has 2 rings (SSSR count). The molecule has 0 saturated heterocycles. The Kier molecular flexibility index (Phi) is 5.25. The standard InChI is InChI=1S/C15H12F2N2O5/c1-23-13-8-10(4-7-12(13)24-15(16)17)18-14(20)9-2-5-11(6-3-9)19(21)22/h2-8,15H,1H3,(H,18,20). The number of hydrogen-bond acceptors (Lipinski definition) is 5. The lowest BCUT2D eigenvalue weighted by Crippen LogP contribution is -2.12. The Hall–Kier alpha value is -3.23. The van der Waals surface area contributed by atoms with Crippen molar-refractivity contribution in [2.75, 3.05) is 12.4 Å². The number of nitro groups is 1. The molecule has 0 atom stereocenters. The van der Waals surface area contributed by atoms with Crippen LogP contribution in [0.25, 0.3) is 0 Å². The number of carbonyl (C=O) groups excluding carboxylic acids is 1. The largest absolute Gasteiger partial charge is 0.493 e. The number of amides is 1. The van der Waals surface area contributed by atoms with Crippen LogP contribution in [0.1, 0.15) is 10.4 Å². The van der Waals surface area contributed by atoms with Crippen molar-refractivity contribution in [3.63, 3.8) is 0 Å². The molecule has 1 N–H and O–H groups in total. The van der Waals surface area contributed by atoms with E-state index in [1.54, 1.807) is 0 Å². The predicted molar refractivity (Wildman–Crippen MR) is 80.7 cm³/mol. The summed E-state index contributed by atoms with van der Waals surface area (Å²) in [4.78, 5) is 22.1. The van der Waals surface area contributed by atoms with Crippen molar-refractivity contribution in [2.45, 2.75) is 6.61 Å². The van der Waals surface area contributed by atoms with Gasteiger partial charge in [0.05, 0.1) is 12.0 Å². The van der Waals surface area contributed by atoms with Crippen LogP contribution < -0.4 is 14.8 Å². The van der Waals surface area contributed by atoms with Gasteiger partial charge in [0, 0.05) is 29.4 Å². The smallest absolute Gasteiger partial charge is 0.387 e. The van der Waals surface area contributed by atoms with Crippen molar-refractivity contribution in [2.24, 2.45) is 0 Å². The van der Waals surface area contributed by atoms with Gasteiger partial charge in [-0.15, -0.1) is 0 Å². The van der Waals surface area contributed by atoms with Crippen LogP contribution >= 0.6 is 0 Å². The molecule has 0 aliphatic carbocycles. The summed E-state index contributed by atoms with van der Waals surface area (Å²) in [7, 11) is 1.27. The first-order chi connectivity index (χ1) is 11.4. The van der Waals surface area contributed by atoms with Gasteiger partial charge in [0.1, 0.15) is 0 Å². The fourth-order valence-electron chi connectivity index (χ4n) is 1.88. The van der Waals surface area contributed by atoms with Crippen LogP contribution in [0.2, 0.25) is 0 Å². The van der Waals surface area contributed by atoms with Crippen LogP contribution in [0, 0.1) is 10.1 Å². The number of alkyl halides is 2. The molecule has 0 fully saturated rings. The third-order valence-electron chi connectivity index (χ3n) is 2.98. The van der Waals surface area contributed by atoms with E-state index in [-0.39, 0.29) is 28.4 Å². The summed E-state index contributed by atoms with van der Waals surface area (Å²) in [6.07, 6.45) is 0. The van der Waals surface area contributed by atoms with Gasteiger partial charge in [-0.25, -0.2) is 0 Å². The van der Waals surface area contributed by atoms with Crippen molar-refractivity contribution in [3.8, 4) is 11.5 Å². The molecule has 0 aliphatic rings. The Morgan fingerprint density at radius 1 is 1.17 bits per heavy atom. The Morgan fingerprint density at radius 3 is 2.38 bits per heavy atom. The van der Waals surface area contributed by atoms with Gasteiger partial charge in [0.2, 0.25) is 0 Å². The molecule has 7 nitrogen and oxygen atoms in total. The highest BCUT2D eigenvalue weighted by Crippen LogP contribution is 2.31. The molecule has 0 unspecified atom stereocenters. The average molecular weight is 338 g/mol. The van der Waals surface area contributed by atoms with Crippen LogP contribution in [-0.4, -0.2) is 24.6 Å². The van der Waals surface area contributed by atoms with E-state index in [1.807, 2.05) is 0 Å². The van der Waals surface area contributed by atoms with Crippen LogP contribution in [0.15, 0.2) is 42.5 Å². The summed E-state index contributed by atoms with van der Waals surface area (Å²) in [6, 6.07) is 8.93. The van der Waals surface area contributed by atoms with Gasteiger partial charge in [-0.1, -0.05) is 0 Å². The minimum absolute atomic E-state index is 0.0248. The number of nitrogens with zero attached hydrogens (tertiary/aromatic N) is 1. The molecule has 0 radical (unpaired) electrons. The molecule has 0 heterocycles. The lowest BCUT2D eigenvalue weighted by atomic mass is 10.2. The van der Waals surface area contributed by atoms with Crippen molar-refractivity contribution in [1.82, 2.24) is 0 Å². The number of hydrogen-bond donors (Lipinski definition) is 1. The third kappa shape index (κ3) is 4.15. The van der Waals surface area contributed by atoms with Crippen molar-refractivity contribution in [1.29, 1.82) is 0 Å². The lowest BCUT2D eigenvalue weighted by molar-refractivity contribution is -0.384. The molecule has 0 saturated carbocycles. The molecule has 0 aliphatic heterocycles. The highest BCUT2D eigenvalue weighted by Gasteiger charge is 2.13. The van der Waals surface area contributed by atoms with Gasteiger partial charge in [-0.05, 0) is 24.3 Å². The summed E-state index contributed by atoms with van der Waals surface area (Å²) >= 11 is 0. The monoisotopic (exact) mass is 338 g/mol. The van der Waals surface area contributed by atoms with E-state index in [0.29, 0.717) is 0 Å². The van der Waals surface area contributed by atoms with Gasteiger partial charge in [-0.3, -0.25) is 14.9 Å². The van der Waals surface area contributed by atoms with Crippen LogP contribution in [0.4, 0.5) is 20.2 Å². The summed E-state index contributed by atoms with van der Waals surface area (Å²) in [5.74, 6) is -0.660. The molecule has 2 aromatic rings. The number of nitro benzene ring substituents is 1. The zero-order chi connectivity index (χ0) is 17.7. The quantitative estimate of drug-likeness (QED) is 0.643. The number of nitrogens with one attached hydrogen (secondary N) is 1. The number of anilines is 1. The van der Waals surface area contributed by atoms with E-state index in [4.69, 9.17) is 4.74 Å². The molecule has 2 aromatic carbocycles. The maximum atomic E-state index is 12.3. The highest BCUT2D eigenvalue weighted by atomic mass is 19.3. The lowest BCUT2D eigenvalue weighted by Gasteiger charge is -2.12. The van der Waals surface area contributed by atoms with Crippen LogP contribution in [-0.2, 0) is 0 Å². The Bertz CT molecular complexity index is 750. The van der Waals surface area contributed by atoms with Gasteiger partial charge in [0.15, 0.2) is 11.5 Å². The summed E-state index contributed by atoms with van der Waals surface area (Å²) < 4.78 is 33.7. The Morgan fingerprint density at radius 2 is 1.83 bits per heavy atom. The molecule has 126 valence electrons. The molecule has 9 heteroatoms. The summed E-state index contributed by atoms with van der Waals surface area (Å²) in [6.45, 7) is -3.00. The number of non-ortho nitro benzene ring substituents is 1. The van der Waals surface area contributed by atoms with Crippen LogP contribution in [0.5, 0.6) is 11.5 Å². The zero-order valence-corrected chi connectivity index (χ0v) is 12.4.